The molecule has 58 heavy (non-hydrogen) atoms. The summed E-state index contributed by atoms with van der Waals surface area (Å²) in [5.74, 6) is -0.807. The molecule has 0 aromatic rings. The van der Waals surface area contributed by atoms with Crippen LogP contribution in [0.5, 0.6) is 0 Å². The van der Waals surface area contributed by atoms with E-state index in [1.165, 1.54) is 199 Å². The van der Waals surface area contributed by atoms with Gasteiger partial charge in [0.15, 0.2) is 6.10 Å². The molecule has 0 radical (unpaired) electrons. The van der Waals surface area contributed by atoms with Crippen molar-refractivity contribution in [2.45, 2.75) is 270 Å². The Hall–Kier alpha value is -0.990. The second kappa shape index (κ2) is 45.5. The van der Waals surface area contributed by atoms with Crippen LogP contribution in [0.15, 0.2) is 0 Å². The first-order valence-electron chi connectivity index (χ1n) is 25.0. The topological polar surface area (TPSA) is 134 Å². The van der Waals surface area contributed by atoms with Crippen LogP contribution in [-0.2, 0) is 32.7 Å². The van der Waals surface area contributed by atoms with E-state index in [1.807, 2.05) is 0 Å². The quantitative estimate of drug-likeness (QED) is 0.0349. The van der Waals surface area contributed by atoms with Crippen molar-refractivity contribution in [3.8, 4) is 0 Å². The van der Waals surface area contributed by atoms with Gasteiger partial charge in [-0.2, -0.15) is 0 Å². The molecular weight excluding hydrogens is 750 g/mol. The number of hydrogen-bond donors (Lipinski definition) is 2. The zero-order chi connectivity index (χ0) is 42.5. The van der Waals surface area contributed by atoms with Crippen molar-refractivity contribution < 1.29 is 37.6 Å². The number of ether oxygens (including phenoxy) is 2. The summed E-state index contributed by atoms with van der Waals surface area (Å²) in [4.78, 5) is 35.0. The lowest BCUT2D eigenvalue weighted by Crippen LogP contribution is -2.29. The third kappa shape index (κ3) is 44.6. The molecule has 9 nitrogen and oxygen atoms in total. The molecule has 0 bridgehead atoms. The Morgan fingerprint density at radius 1 is 0.448 bits per heavy atom. The maximum atomic E-state index is 12.6. The number of phosphoric acid groups is 1. The number of carbonyl (C=O) groups excluding carboxylic acids is 2. The van der Waals surface area contributed by atoms with Gasteiger partial charge in [-0.3, -0.25) is 18.6 Å². The van der Waals surface area contributed by atoms with E-state index < -0.39 is 26.5 Å². The molecule has 10 heteroatoms. The van der Waals surface area contributed by atoms with Crippen LogP contribution in [0.25, 0.3) is 0 Å². The summed E-state index contributed by atoms with van der Waals surface area (Å²) >= 11 is 0. The van der Waals surface area contributed by atoms with Gasteiger partial charge in [0.1, 0.15) is 6.61 Å². The summed E-state index contributed by atoms with van der Waals surface area (Å²) in [6, 6.07) is 0. The second-order valence-corrected chi connectivity index (χ2v) is 18.5. The van der Waals surface area contributed by atoms with Crippen LogP contribution >= 0.6 is 7.82 Å². The fourth-order valence-electron chi connectivity index (χ4n) is 7.52. The molecule has 346 valence electrons. The van der Waals surface area contributed by atoms with Crippen molar-refractivity contribution in [2.75, 3.05) is 26.4 Å². The van der Waals surface area contributed by atoms with Crippen molar-refractivity contribution in [3.63, 3.8) is 0 Å². The van der Waals surface area contributed by atoms with Crippen molar-refractivity contribution >= 4 is 19.8 Å². The summed E-state index contributed by atoms with van der Waals surface area (Å²) in [6.45, 7) is 3.80. The van der Waals surface area contributed by atoms with Crippen molar-refractivity contribution in [1.29, 1.82) is 0 Å². The molecule has 0 heterocycles. The smallest absolute Gasteiger partial charge is 0.462 e. The van der Waals surface area contributed by atoms with Gasteiger partial charge in [-0.25, -0.2) is 4.57 Å². The van der Waals surface area contributed by atoms with Gasteiger partial charge < -0.3 is 20.1 Å². The van der Waals surface area contributed by atoms with Gasteiger partial charge in [-0.1, -0.05) is 239 Å². The molecule has 0 aliphatic heterocycles. The highest BCUT2D eigenvalue weighted by atomic mass is 31.2. The van der Waals surface area contributed by atoms with E-state index in [0.717, 1.165) is 32.1 Å². The lowest BCUT2D eigenvalue weighted by atomic mass is 10.0. The van der Waals surface area contributed by atoms with Gasteiger partial charge in [0.2, 0.25) is 0 Å². The Morgan fingerprint density at radius 3 is 1.05 bits per heavy atom. The summed E-state index contributed by atoms with van der Waals surface area (Å²) in [5.41, 5.74) is 5.36. The van der Waals surface area contributed by atoms with E-state index in [2.05, 4.69) is 13.8 Å². The largest absolute Gasteiger partial charge is 0.472 e. The standard InChI is InChI=1S/C48H96NO8P/c1-3-5-7-9-11-13-15-17-19-21-23-25-27-29-31-33-35-37-39-41-48(51)57-46(45-56-58(52,53)55-43-42-49)44-54-47(50)40-38-36-34-32-30-28-26-24-22-20-18-16-14-12-10-8-6-4-2/h46H,3-45,49H2,1-2H3,(H,52,53). The van der Waals surface area contributed by atoms with Crippen LogP contribution in [0, 0.1) is 0 Å². The molecule has 0 saturated carbocycles. The summed E-state index contributed by atoms with van der Waals surface area (Å²) in [7, 11) is -4.37. The Bertz CT molecular complexity index is 922. The van der Waals surface area contributed by atoms with Crippen molar-refractivity contribution in [1.82, 2.24) is 0 Å². The average Bonchev–Trinajstić information content (AvgIpc) is 3.21. The highest BCUT2D eigenvalue weighted by Gasteiger charge is 2.26. The first-order chi connectivity index (χ1) is 28.3. The van der Waals surface area contributed by atoms with Gasteiger partial charge in [-0.15, -0.1) is 0 Å². The van der Waals surface area contributed by atoms with E-state index in [1.54, 1.807) is 0 Å². The zero-order valence-electron chi connectivity index (χ0n) is 38.3. The Balaban J connectivity index is 4.01. The van der Waals surface area contributed by atoms with Crippen LogP contribution in [0.1, 0.15) is 264 Å². The predicted molar refractivity (Wildman–Crippen MR) is 243 cm³/mol. The molecule has 2 unspecified atom stereocenters. The summed E-state index contributed by atoms with van der Waals surface area (Å²) in [5, 5.41) is 0. The lowest BCUT2D eigenvalue weighted by Gasteiger charge is -2.19. The molecule has 0 saturated heterocycles. The molecule has 0 aromatic heterocycles. The molecule has 0 fully saturated rings. The Morgan fingerprint density at radius 2 is 0.741 bits per heavy atom. The Kier molecular flexibility index (Phi) is 44.8. The summed E-state index contributed by atoms with van der Waals surface area (Å²) in [6.07, 6.45) is 47.1. The van der Waals surface area contributed by atoms with Crippen molar-refractivity contribution in [2.24, 2.45) is 5.73 Å². The molecule has 2 atom stereocenters. The number of esters is 2. The predicted octanol–water partition coefficient (Wildman–Crippen LogP) is 14.8. The van der Waals surface area contributed by atoms with Crippen LogP contribution in [0.3, 0.4) is 0 Å². The highest BCUT2D eigenvalue weighted by Crippen LogP contribution is 2.43. The SMILES string of the molecule is CCCCCCCCCCCCCCCCCCCCCC(=O)OC(COC(=O)CCCCCCCCCCCCCCCCCCCC)COP(=O)(O)OCCN. The van der Waals surface area contributed by atoms with Gasteiger partial charge in [0.25, 0.3) is 0 Å². The minimum atomic E-state index is -4.37. The fraction of sp³-hybridized carbons (Fsp3) is 0.958. The van der Waals surface area contributed by atoms with Gasteiger partial charge in [0, 0.05) is 19.4 Å². The number of hydrogen-bond acceptors (Lipinski definition) is 8. The van der Waals surface area contributed by atoms with Crippen LogP contribution in [0.4, 0.5) is 0 Å². The van der Waals surface area contributed by atoms with Crippen LogP contribution in [-0.4, -0.2) is 49.3 Å². The average molecular weight is 846 g/mol. The molecule has 0 rings (SSSR count). The second-order valence-electron chi connectivity index (χ2n) is 17.1. The first-order valence-corrected chi connectivity index (χ1v) is 26.5. The van der Waals surface area contributed by atoms with Crippen LogP contribution in [0.2, 0.25) is 0 Å². The van der Waals surface area contributed by atoms with E-state index in [0.29, 0.717) is 6.42 Å². The van der Waals surface area contributed by atoms with E-state index in [9.17, 15) is 19.0 Å². The normalized spacial score (nSPS) is 13.1. The molecule has 0 aliphatic rings. The number of rotatable bonds is 48. The lowest BCUT2D eigenvalue weighted by molar-refractivity contribution is -0.161. The minimum Gasteiger partial charge on any atom is -0.462 e. The number of carbonyl (C=O) groups is 2. The fourth-order valence-corrected chi connectivity index (χ4v) is 8.29. The van der Waals surface area contributed by atoms with Crippen LogP contribution < -0.4 is 5.73 Å². The van der Waals surface area contributed by atoms with Crippen molar-refractivity contribution in [3.05, 3.63) is 0 Å². The molecule has 0 spiro atoms. The van der Waals surface area contributed by atoms with Gasteiger partial charge >= 0.3 is 19.8 Å². The Labute approximate surface area is 358 Å². The molecule has 0 aliphatic carbocycles. The van der Waals surface area contributed by atoms with Gasteiger partial charge in [0.05, 0.1) is 13.2 Å². The number of phosphoric ester groups is 1. The number of unbranched alkanes of at least 4 members (excludes halogenated alkanes) is 35. The zero-order valence-corrected chi connectivity index (χ0v) is 39.2. The maximum absolute atomic E-state index is 12.6. The van der Waals surface area contributed by atoms with E-state index >= 15 is 0 Å². The highest BCUT2D eigenvalue weighted by molar-refractivity contribution is 7.47. The minimum absolute atomic E-state index is 0.0584. The van der Waals surface area contributed by atoms with E-state index in [4.69, 9.17) is 24.3 Å². The molecule has 0 aromatic carbocycles. The third-order valence-electron chi connectivity index (χ3n) is 11.2. The van der Waals surface area contributed by atoms with Gasteiger partial charge in [-0.05, 0) is 12.8 Å². The molecule has 3 N–H and O–H groups in total. The maximum Gasteiger partial charge on any atom is 0.472 e. The molecular formula is C48H96NO8P. The first kappa shape index (κ1) is 57.0. The molecule has 0 amide bonds. The summed E-state index contributed by atoms with van der Waals surface area (Å²) < 4.78 is 32.9. The monoisotopic (exact) mass is 846 g/mol. The number of nitrogens with two attached hydrogens (primary N) is 1. The van der Waals surface area contributed by atoms with E-state index in [-0.39, 0.29) is 38.6 Å². The third-order valence-corrected chi connectivity index (χ3v) is 12.2.